The van der Waals surface area contributed by atoms with E-state index in [1.54, 1.807) is 22.9 Å². The SMILES string of the molecule is CC(C)C(=O)c1ccc2c(c1)OCCO2.Cc1nn(CC(=O)C(C)C)cc1Br. The molecular formula is C21H27BrN2O4. The lowest BCUT2D eigenvalue weighted by atomic mass is 10.0. The second kappa shape index (κ2) is 9.87. The Balaban J connectivity index is 0.000000203. The summed E-state index contributed by atoms with van der Waals surface area (Å²) in [7, 11) is 0. The van der Waals surface area contributed by atoms with Crippen LogP contribution in [0.5, 0.6) is 11.5 Å². The quantitative estimate of drug-likeness (QED) is 0.628. The zero-order chi connectivity index (χ0) is 20.8. The average molecular weight is 451 g/mol. The summed E-state index contributed by atoms with van der Waals surface area (Å²) in [6.07, 6.45) is 1.83. The molecule has 1 aliphatic heterocycles. The molecule has 1 aliphatic rings. The lowest BCUT2D eigenvalue weighted by Crippen LogP contribution is -2.16. The number of ether oxygens (including phenoxy) is 2. The van der Waals surface area contributed by atoms with Crippen LogP contribution < -0.4 is 9.47 Å². The van der Waals surface area contributed by atoms with Gasteiger partial charge in [-0.1, -0.05) is 27.7 Å². The summed E-state index contributed by atoms with van der Waals surface area (Å²) in [5.74, 6) is 1.81. The fraction of sp³-hybridized carbons (Fsp3) is 0.476. The molecule has 2 heterocycles. The fourth-order valence-electron chi connectivity index (χ4n) is 2.45. The van der Waals surface area contributed by atoms with E-state index in [9.17, 15) is 9.59 Å². The monoisotopic (exact) mass is 450 g/mol. The Morgan fingerprint density at radius 2 is 1.75 bits per heavy atom. The van der Waals surface area contributed by atoms with Crippen LogP contribution in [0.2, 0.25) is 0 Å². The number of rotatable bonds is 5. The largest absolute Gasteiger partial charge is 0.486 e. The topological polar surface area (TPSA) is 70.4 Å². The third-order valence-electron chi connectivity index (χ3n) is 4.20. The van der Waals surface area contributed by atoms with Gasteiger partial charge in [0, 0.05) is 23.6 Å². The molecule has 7 heteroatoms. The van der Waals surface area contributed by atoms with E-state index < -0.39 is 0 Å². The molecule has 0 amide bonds. The van der Waals surface area contributed by atoms with Crippen LogP contribution in [0.4, 0.5) is 0 Å². The first-order valence-corrected chi connectivity index (χ1v) is 10.1. The number of aromatic nitrogens is 2. The molecule has 0 fully saturated rings. The van der Waals surface area contributed by atoms with Crippen LogP contribution >= 0.6 is 15.9 Å². The third kappa shape index (κ3) is 5.92. The summed E-state index contributed by atoms with van der Waals surface area (Å²) in [6, 6.07) is 5.34. The smallest absolute Gasteiger partial charge is 0.165 e. The molecule has 3 rings (SSSR count). The molecule has 0 atom stereocenters. The highest BCUT2D eigenvalue weighted by molar-refractivity contribution is 9.10. The van der Waals surface area contributed by atoms with Gasteiger partial charge in [0.25, 0.3) is 0 Å². The van der Waals surface area contributed by atoms with Gasteiger partial charge in [-0.2, -0.15) is 5.10 Å². The summed E-state index contributed by atoms with van der Waals surface area (Å²) in [6.45, 7) is 11.0. The molecule has 0 saturated carbocycles. The Kier molecular flexibility index (Phi) is 7.80. The molecular weight excluding hydrogens is 424 g/mol. The van der Waals surface area contributed by atoms with E-state index in [4.69, 9.17) is 9.47 Å². The van der Waals surface area contributed by atoms with Gasteiger partial charge in [-0.05, 0) is 41.1 Å². The van der Waals surface area contributed by atoms with Crippen molar-refractivity contribution in [3.63, 3.8) is 0 Å². The fourth-order valence-corrected chi connectivity index (χ4v) is 2.76. The number of carbonyl (C=O) groups is 2. The zero-order valence-corrected chi connectivity index (χ0v) is 18.6. The van der Waals surface area contributed by atoms with Gasteiger partial charge in [0.2, 0.25) is 0 Å². The van der Waals surface area contributed by atoms with Crippen molar-refractivity contribution in [1.82, 2.24) is 9.78 Å². The standard InChI is InChI=1S/C12H14O3.C9H13BrN2O/c1-8(2)12(13)9-3-4-10-11(7-9)15-6-5-14-10;1-6(2)9(13)5-12-4-8(10)7(3)11-12/h3-4,7-8H,5-6H2,1-2H3;4,6H,5H2,1-3H3. The zero-order valence-electron chi connectivity index (χ0n) is 17.0. The highest BCUT2D eigenvalue weighted by atomic mass is 79.9. The van der Waals surface area contributed by atoms with Crippen LogP contribution in [0.25, 0.3) is 0 Å². The van der Waals surface area contributed by atoms with Crippen molar-refractivity contribution in [2.45, 2.75) is 41.2 Å². The van der Waals surface area contributed by atoms with Gasteiger partial charge in [-0.3, -0.25) is 14.3 Å². The summed E-state index contributed by atoms with van der Waals surface area (Å²) in [5.41, 5.74) is 1.60. The Hall–Kier alpha value is -2.15. The molecule has 0 unspecified atom stereocenters. The van der Waals surface area contributed by atoms with Gasteiger partial charge >= 0.3 is 0 Å². The van der Waals surface area contributed by atoms with Crippen LogP contribution in [-0.2, 0) is 11.3 Å². The van der Waals surface area contributed by atoms with E-state index in [-0.39, 0.29) is 23.4 Å². The van der Waals surface area contributed by atoms with Gasteiger partial charge in [0.1, 0.15) is 13.2 Å². The van der Waals surface area contributed by atoms with E-state index >= 15 is 0 Å². The van der Waals surface area contributed by atoms with E-state index in [0.29, 0.717) is 31.1 Å². The molecule has 2 aromatic rings. The highest BCUT2D eigenvalue weighted by Crippen LogP contribution is 2.31. The first-order chi connectivity index (χ1) is 13.2. The summed E-state index contributed by atoms with van der Waals surface area (Å²) >= 11 is 3.35. The van der Waals surface area contributed by atoms with Crippen molar-refractivity contribution < 1.29 is 19.1 Å². The summed E-state index contributed by atoms with van der Waals surface area (Å²) < 4.78 is 13.4. The lowest BCUT2D eigenvalue weighted by Gasteiger charge is -2.18. The molecule has 0 saturated heterocycles. The maximum absolute atomic E-state index is 11.7. The Morgan fingerprint density at radius 3 is 2.29 bits per heavy atom. The molecule has 0 bridgehead atoms. The van der Waals surface area contributed by atoms with Crippen LogP contribution in [0.3, 0.4) is 0 Å². The number of fused-ring (bicyclic) bond motifs is 1. The second-order valence-corrected chi connectivity index (χ2v) is 8.11. The van der Waals surface area contributed by atoms with Gasteiger partial charge < -0.3 is 9.47 Å². The molecule has 0 radical (unpaired) electrons. The molecule has 152 valence electrons. The average Bonchev–Trinajstić information content (AvgIpc) is 2.98. The minimum absolute atomic E-state index is 0.00700. The molecule has 6 nitrogen and oxygen atoms in total. The Labute approximate surface area is 174 Å². The molecule has 0 aliphatic carbocycles. The van der Waals surface area contributed by atoms with Crippen LogP contribution in [0, 0.1) is 18.8 Å². The Morgan fingerprint density at radius 1 is 1.11 bits per heavy atom. The van der Waals surface area contributed by atoms with Gasteiger partial charge in [-0.25, -0.2) is 0 Å². The minimum atomic E-state index is 0.00700. The van der Waals surface area contributed by atoms with Crippen molar-refractivity contribution in [3.8, 4) is 11.5 Å². The first-order valence-electron chi connectivity index (χ1n) is 9.35. The second-order valence-electron chi connectivity index (χ2n) is 7.26. The van der Waals surface area contributed by atoms with E-state index in [2.05, 4.69) is 21.0 Å². The number of ketones is 2. The molecule has 28 heavy (non-hydrogen) atoms. The number of nitrogens with zero attached hydrogens (tertiary/aromatic N) is 2. The molecule has 1 aromatic heterocycles. The third-order valence-corrected chi connectivity index (χ3v) is 4.98. The number of aryl methyl sites for hydroxylation is 1. The summed E-state index contributed by atoms with van der Waals surface area (Å²) in [4.78, 5) is 23.1. The van der Waals surface area contributed by atoms with Crippen molar-refractivity contribution in [2.75, 3.05) is 13.2 Å². The van der Waals surface area contributed by atoms with Crippen LogP contribution in [0.15, 0.2) is 28.9 Å². The van der Waals surface area contributed by atoms with Crippen LogP contribution in [-0.4, -0.2) is 34.6 Å². The number of hydrogen-bond donors (Lipinski definition) is 0. The number of benzene rings is 1. The predicted octanol–water partition coefficient (Wildman–Crippen LogP) is 4.48. The maximum atomic E-state index is 11.7. The van der Waals surface area contributed by atoms with Crippen molar-refractivity contribution in [2.24, 2.45) is 11.8 Å². The van der Waals surface area contributed by atoms with Gasteiger partial charge in [0.05, 0.1) is 16.7 Å². The van der Waals surface area contributed by atoms with E-state index in [1.165, 1.54) is 0 Å². The number of Topliss-reactive ketones (excluding diaryl/α,β-unsaturated/α-hetero) is 2. The number of halogens is 1. The number of hydrogen-bond acceptors (Lipinski definition) is 5. The molecule has 1 aromatic carbocycles. The van der Waals surface area contributed by atoms with Crippen LogP contribution in [0.1, 0.15) is 43.7 Å². The number of carbonyl (C=O) groups excluding carboxylic acids is 2. The van der Waals surface area contributed by atoms with E-state index in [1.807, 2.05) is 40.8 Å². The maximum Gasteiger partial charge on any atom is 0.165 e. The van der Waals surface area contributed by atoms with Crippen molar-refractivity contribution in [1.29, 1.82) is 0 Å². The molecule has 0 spiro atoms. The van der Waals surface area contributed by atoms with Gasteiger partial charge in [-0.15, -0.1) is 0 Å². The molecule has 0 N–H and O–H groups in total. The predicted molar refractivity (Wildman–Crippen MR) is 111 cm³/mol. The van der Waals surface area contributed by atoms with Crippen molar-refractivity contribution in [3.05, 3.63) is 40.1 Å². The normalized spacial score (nSPS) is 12.6. The minimum Gasteiger partial charge on any atom is -0.486 e. The highest BCUT2D eigenvalue weighted by Gasteiger charge is 2.16. The Bertz CT molecular complexity index is 823. The lowest BCUT2D eigenvalue weighted by molar-refractivity contribution is -0.122. The van der Waals surface area contributed by atoms with Crippen molar-refractivity contribution >= 4 is 27.5 Å². The first kappa shape index (κ1) is 22.1. The van der Waals surface area contributed by atoms with Gasteiger partial charge in [0.15, 0.2) is 23.1 Å². The van der Waals surface area contributed by atoms with E-state index in [0.717, 1.165) is 15.9 Å². The summed E-state index contributed by atoms with van der Waals surface area (Å²) in [5, 5.41) is 4.18.